The third-order valence-corrected chi connectivity index (χ3v) is 2.11. The second kappa shape index (κ2) is 4.67. The molecule has 0 saturated carbocycles. The zero-order valence-corrected chi connectivity index (χ0v) is 7.08. The smallest absolute Gasteiger partial charge is 0.159 e. The maximum atomic E-state index is 5.29. The summed E-state index contributed by atoms with van der Waals surface area (Å²) in [6, 6.07) is 0. The quantitative estimate of drug-likeness (QED) is 0.501. The van der Waals surface area contributed by atoms with Gasteiger partial charge in [0.05, 0.1) is 6.61 Å². The predicted molar refractivity (Wildman–Crippen MR) is 46.3 cm³/mol. The zero-order valence-electron chi connectivity index (χ0n) is 6.27. The van der Waals surface area contributed by atoms with Crippen molar-refractivity contribution in [2.75, 3.05) is 6.61 Å². The molecule has 0 atom stereocenters. The van der Waals surface area contributed by atoms with Gasteiger partial charge in [0, 0.05) is 6.42 Å². The van der Waals surface area contributed by atoms with E-state index < -0.39 is 0 Å². The number of ether oxygens (including phenoxy) is 1. The Labute approximate surface area is 67.8 Å². The standard InChI is InChI=1S/C8H14OS/c10-8-6-4-2-1-3-5-7-9-8/h1-7H2. The molecule has 1 rings (SSSR count). The minimum atomic E-state index is 0.821. The lowest BCUT2D eigenvalue weighted by Crippen LogP contribution is -2.01. The number of hydrogen-bond donors (Lipinski definition) is 0. The van der Waals surface area contributed by atoms with Gasteiger partial charge in [-0.2, -0.15) is 0 Å². The van der Waals surface area contributed by atoms with Crippen LogP contribution in [0.1, 0.15) is 38.5 Å². The fourth-order valence-electron chi connectivity index (χ4n) is 1.16. The molecule has 0 spiro atoms. The molecule has 0 radical (unpaired) electrons. The van der Waals surface area contributed by atoms with Gasteiger partial charge in [-0.05, 0) is 25.1 Å². The van der Waals surface area contributed by atoms with E-state index in [1.807, 2.05) is 0 Å². The van der Waals surface area contributed by atoms with Crippen molar-refractivity contribution in [3.05, 3.63) is 0 Å². The van der Waals surface area contributed by atoms with Gasteiger partial charge in [-0.15, -0.1) is 0 Å². The summed E-state index contributed by atoms with van der Waals surface area (Å²) in [5, 5.41) is 0.821. The van der Waals surface area contributed by atoms with E-state index in [9.17, 15) is 0 Å². The van der Waals surface area contributed by atoms with Crippen LogP contribution in [0.3, 0.4) is 0 Å². The Morgan fingerprint density at radius 1 is 1.00 bits per heavy atom. The van der Waals surface area contributed by atoms with Gasteiger partial charge in [0.1, 0.15) is 0 Å². The molecule has 58 valence electrons. The molecule has 0 aromatic rings. The van der Waals surface area contributed by atoms with Crippen LogP contribution in [0, 0.1) is 0 Å². The van der Waals surface area contributed by atoms with Gasteiger partial charge in [0.25, 0.3) is 0 Å². The number of rotatable bonds is 0. The van der Waals surface area contributed by atoms with E-state index in [1.165, 1.54) is 32.1 Å². The molecule has 10 heavy (non-hydrogen) atoms. The lowest BCUT2D eigenvalue weighted by Gasteiger charge is -2.02. The molecule has 0 unspecified atom stereocenters. The van der Waals surface area contributed by atoms with Crippen LogP contribution in [0.4, 0.5) is 0 Å². The summed E-state index contributed by atoms with van der Waals surface area (Å²) in [5.41, 5.74) is 0. The SMILES string of the molecule is S=C1CCCCCCCO1. The molecule has 1 heterocycles. The van der Waals surface area contributed by atoms with E-state index in [0.29, 0.717) is 0 Å². The van der Waals surface area contributed by atoms with Crippen molar-refractivity contribution >= 4 is 17.3 Å². The van der Waals surface area contributed by atoms with Crippen LogP contribution in [0.15, 0.2) is 0 Å². The van der Waals surface area contributed by atoms with E-state index in [1.54, 1.807) is 0 Å². The third kappa shape index (κ3) is 3.16. The van der Waals surface area contributed by atoms with Crippen molar-refractivity contribution in [3.63, 3.8) is 0 Å². The van der Waals surface area contributed by atoms with Crippen LogP contribution >= 0.6 is 12.2 Å². The van der Waals surface area contributed by atoms with Crippen LogP contribution < -0.4 is 0 Å². The summed E-state index contributed by atoms with van der Waals surface area (Å²) in [6.07, 6.45) is 7.38. The molecule has 0 N–H and O–H groups in total. The van der Waals surface area contributed by atoms with Crippen LogP contribution in [0.5, 0.6) is 0 Å². The van der Waals surface area contributed by atoms with Crippen LogP contribution in [0.25, 0.3) is 0 Å². The number of thiocarbonyl (C=S) groups is 1. The molecule has 0 aliphatic carbocycles. The Balaban J connectivity index is 2.21. The van der Waals surface area contributed by atoms with Crippen LogP contribution in [0.2, 0.25) is 0 Å². The maximum absolute atomic E-state index is 5.29. The van der Waals surface area contributed by atoms with E-state index in [-0.39, 0.29) is 0 Å². The van der Waals surface area contributed by atoms with E-state index >= 15 is 0 Å². The first-order chi connectivity index (χ1) is 4.89. The van der Waals surface area contributed by atoms with Gasteiger partial charge in [-0.3, -0.25) is 0 Å². The topological polar surface area (TPSA) is 9.23 Å². The molecule has 1 fully saturated rings. The highest BCUT2D eigenvalue weighted by molar-refractivity contribution is 7.80. The molecule has 0 amide bonds. The largest absolute Gasteiger partial charge is 0.487 e. The molecular weight excluding hydrogens is 144 g/mol. The Morgan fingerprint density at radius 2 is 1.70 bits per heavy atom. The van der Waals surface area contributed by atoms with Crippen molar-refractivity contribution in [1.29, 1.82) is 0 Å². The average molecular weight is 158 g/mol. The summed E-state index contributed by atoms with van der Waals surface area (Å²) in [7, 11) is 0. The van der Waals surface area contributed by atoms with Gasteiger partial charge in [0.2, 0.25) is 0 Å². The van der Waals surface area contributed by atoms with Gasteiger partial charge in [-0.25, -0.2) is 0 Å². The normalized spacial score (nSPS) is 22.2. The van der Waals surface area contributed by atoms with Gasteiger partial charge in [0.15, 0.2) is 5.05 Å². The van der Waals surface area contributed by atoms with Gasteiger partial charge < -0.3 is 4.74 Å². The molecule has 1 saturated heterocycles. The van der Waals surface area contributed by atoms with Crippen LogP contribution in [-0.4, -0.2) is 11.7 Å². The van der Waals surface area contributed by atoms with Gasteiger partial charge in [-0.1, -0.05) is 19.3 Å². The summed E-state index contributed by atoms with van der Waals surface area (Å²) in [4.78, 5) is 0. The Morgan fingerprint density at radius 3 is 2.60 bits per heavy atom. The molecule has 0 aromatic heterocycles. The first kappa shape index (κ1) is 7.99. The monoisotopic (exact) mass is 158 g/mol. The molecule has 1 nitrogen and oxygen atoms in total. The lowest BCUT2D eigenvalue weighted by molar-refractivity contribution is 0.297. The minimum Gasteiger partial charge on any atom is -0.487 e. The second-order valence-electron chi connectivity index (χ2n) is 2.74. The first-order valence-electron chi connectivity index (χ1n) is 4.05. The zero-order chi connectivity index (χ0) is 7.23. The summed E-state index contributed by atoms with van der Waals surface area (Å²) >= 11 is 4.99. The molecule has 1 aliphatic rings. The van der Waals surface area contributed by atoms with E-state index in [0.717, 1.165) is 18.1 Å². The summed E-state index contributed by atoms with van der Waals surface area (Å²) in [6.45, 7) is 0.846. The highest BCUT2D eigenvalue weighted by Gasteiger charge is 2.01. The van der Waals surface area contributed by atoms with E-state index in [4.69, 9.17) is 17.0 Å². The Kier molecular flexibility index (Phi) is 3.73. The maximum Gasteiger partial charge on any atom is 0.159 e. The van der Waals surface area contributed by atoms with Crippen molar-refractivity contribution in [2.45, 2.75) is 38.5 Å². The van der Waals surface area contributed by atoms with Crippen molar-refractivity contribution in [2.24, 2.45) is 0 Å². The molecule has 0 aromatic carbocycles. The van der Waals surface area contributed by atoms with Crippen LogP contribution in [-0.2, 0) is 4.74 Å². The van der Waals surface area contributed by atoms with E-state index in [2.05, 4.69) is 0 Å². The summed E-state index contributed by atoms with van der Waals surface area (Å²) < 4.78 is 5.29. The van der Waals surface area contributed by atoms with Crippen molar-refractivity contribution < 1.29 is 4.74 Å². The Hall–Kier alpha value is -0.110. The summed E-state index contributed by atoms with van der Waals surface area (Å²) in [5.74, 6) is 0. The molecule has 2 heteroatoms. The molecule has 0 bridgehead atoms. The Bertz CT molecular complexity index is 99.8. The fourth-order valence-corrected chi connectivity index (χ4v) is 1.39. The third-order valence-electron chi connectivity index (χ3n) is 1.79. The second-order valence-corrected chi connectivity index (χ2v) is 3.19. The van der Waals surface area contributed by atoms with Crippen molar-refractivity contribution in [1.82, 2.24) is 0 Å². The molecular formula is C8H14OS. The van der Waals surface area contributed by atoms with Gasteiger partial charge >= 0.3 is 0 Å². The highest BCUT2D eigenvalue weighted by atomic mass is 32.1. The lowest BCUT2D eigenvalue weighted by atomic mass is 10.1. The van der Waals surface area contributed by atoms with Crippen molar-refractivity contribution in [3.8, 4) is 0 Å². The highest BCUT2D eigenvalue weighted by Crippen LogP contribution is 2.10. The fraction of sp³-hybridized carbons (Fsp3) is 0.875. The molecule has 1 aliphatic heterocycles. The predicted octanol–water partition coefficient (Wildman–Crippen LogP) is 2.68. The average Bonchev–Trinajstić information content (AvgIpc) is 2.02. The number of hydrogen-bond acceptors (Lipinski definition) is 2. The first-order valence-corrected chi connectivity index (χ1v) is 4.46. The minimum absolute atomic E-state index is 0.821.